The summed E-state index contributed by atoms with van der Waals surface area (Å²) in [5.41, 5.74) is 0.292. The summed E-state index contributed by atoms with van der Waals surface area (Å²) in [6.07, 6.45) is 0. The molecule has 56 valence electrons. The SMILES string of the molecule is CC.CNC1(C)COC1. The molecular formula is C7H17NO. The van der Waals surface area contributed by atoms with Crippen LogP contribution in [0.25, 0.3) is 0 Å². The Morgan fingerprint density at radius 3 is 1.78 bits per heavy atom. The van der Waals surface area contributed by atoms with Crippen LogP contribution in [0.2, 0.25) is 0 Å². The highest BCUT2D eigenvalue weighted by Crippen LogP contribution is 2.13. The third-order valence-corrected chi connectivity index (χ3v) is 1.44. The number of nitrogens with one attached hydrogen (secondary N) is 1. The van der Waals surface area contributed by atoms with Gasteiger partial charge in [-0.1, -0.05) is 13.8 Å². The molecule has 0 amide bonds. The second-order valence-electron chi connectivity index (χ2n) is 2.30. The van der Waals surface area contributed by atoms with Crippen molar-refractivity contribution in [3.63, 3.8) is 0 Å². The Bertz CT molecular complexity index is 63.8. The highest BCUT2D eigenvalue weighted by molar-refractivity contribution is 4.87. The third-order valence-electron chi connectivity index (χ3n) is 1.44. The molecule has 0 bridgehead atoms. The van der Waals surface area contributed by atoms with E-state index in [0.29, 0.717) is 5.54 Å². The van der Waals surface area contributed by atoms with Crippen LogP contribution >= 0.6 is 0 Å². The van der Waals surface area contributed by atoms with Gasteiger partial charge in [0.05, 0.1) is 18.8 Å². The zero-order valence-electron chi connectivity index (χ0n) is 6.82. The Kier molecular flexibility index (Phi) is 3.82. The molecule has 0 aromatic rings. The van der Waals surface area contributed by atoms with Gasteiger partial charge in [0.25, 0.3) is 0 Å². The minimum atomic E-state index is 0.292. The fourth-order valence-corrected chi connectivity index (χ4v) is 0.553. The normalized spacial score (nSPS) is 21.3. The van der Waals surface area contributed by atoms with Gasteiger partial charge in [-0.25, -0.2) is 0 Å². The Morgan fingerprint density at radius 1 is 1.33 bits per heavy atom. The first-order valence-electron chi connectivity index (χ1n) is 3.53. The smallest absolute Gasteiger partial charge is 0.0669 e. The number of hydrogen-bond acceptors (Lipinski definition) is 2. The molecule has 1 N–H and O–H groups in total. The van der Waals surface area contributed by atoms with E-state index >= 15 is 0 Å². The number of hydrogen-bond donors (Lipinski definition) is 1. The van der Waals surface area contributed by atoms with Gasteiger partial charge < -0.3 is 10.1 Å². The van der Waals surface area contributed by atoms with Gasteiger partial charge in [0.2, 0.25) is 0 Å². The molecule has 9 heavy (non-hydrogen) atoms. The quantitative estimate of drug-likeness (QED) is 0.573. The molecule has 0 unspecified atom stereocenters. The summed E-state index contributed by atoms with van der Waals surface area (Å²) in [4.78, 5) is 0. The monoisotopic (exact) mass is 131 g/mol. The van der Waals surface area contributed by atoms with E-state index in [1.807, 2.05) is 20.9 Å². The number of rotatable bonds is 1. The van der Waals surface area contributed by atoms with E-state index in [0.717, 1.165) is 13.2 Å². The van der Waals surface area contributed by atoms with Gasteiger partial charge in [0.15, 0.2) is 0 Å². The lowest BCUT2D eigenvalue weighted by Crippen LogP contribution is -2.56. The molecule has 0 aromatic carbocycles. The average molecular weight is 131 g/mol. The maximum absolute atomic E-state index is 4.97. The summed E-state index contributed by atoms with van der Waals surface area (Å²) < 4.78 is 4.97. The van der Waals surface area contributed by atoms with Crippen molar-refractivity contribution in [1.82, 2.24) is 5.32 Å². The molecule has 1 rings (SSSR count). The predicted octanol–water partition coefficient (Wildman–Crippen LogP) is 1.02. The summed E-state index contributed by atoms with van der Waals surface area (Å²) in [5, 5.41) is 3.15. The summed E-state index contributed by atoms with van der Waals surface area (Å²) in [6, 6.07) is 0. The van der Waals surface area contributed by atoms with E-state index in [1.165, 1.54) is 0 Å². The topological polar surface area (TPSA) is 21.3 Å². The average Bonchev–Trinajstić information content (AvgIpc) is 1.88. The van der Waals surface area contributed by atoms with Crippen LogP contribution in [-0.4, -0.2) is 25.8 Å². The minimum Gasteiger partial charge on any atom is -0.377 e. The number of likely N-dealkylation sites (N-methyl/N-ethyl adjacent to an activating group) is 1. The van der Waals surface area contributed by atoms with Gasteiger partial charge in [0.1, 0.15) is 0 Å². The van der Waals surface area contributed by atoms with Crippen molar-refractivity contribution in [2.24, 2.45) is 0 Å². The Hall–Kier alpha value is -0.0800. The van der Waals surface area contributed by atoms with Crippen LogP contribution in [-0.2, 0) is 4.74 Å². The van der Waals surface area contributed by atoms with E-state index in [2.05, 4.69) is 12.2 Å². The second-order valence-corrected chi connectivity index (χ2v) is 2.30. The first-order valence-corrected chi connectivity index (χ1v) is 3.53. The molecule has 0 aliphatic carbocycles. The van der Waals surface area contributed by atoms with Gasteiger partial charge in [-0.15, -0.1) is 0 Å². The zero-order valence-corrected chi connectivity index (χ0v) is 6.82. The maximum Gasteiger partial charge on any atom is 0.0669 e. The van der Waals surface area contributed by atoms with Crippen LogP contribution in [0.4, 0.5) is 0 Å². The van der Waals surface area contributed by atoms with Crippen LogP contribution in [0.1, 0.15) is 20.8 Å². The molecule has 1 heterocycles. The largest absolute Gasteiger partial charge is 0.377 e. The van der Waals surface area contributed by atoms with E-state index in [1.54, 1.807) is 0 Å². The molecule has 1 fully saturated rings. The standard InChI is InChI=1S/C5H11NO.C2H6/c1-5(6-2)3-7-4-5;1-2/h6H,3-4H2,1-2H3;1-2H3. The van der Waals surface area contributed by atoms with Crippen LogP contribution in [0.15, 0.2) is 0 Å². The third kappa shape index (κ3) is 2.33. The number of ether oxygens (including phenoxy) is 1. The van der Waals surface area contributed by atoms with E-state index in [4.69, 9.17) is 4.74 Å². The highest BCUT2D eigenvalue weighted by Gasteiger charge is 2.30. The summed E-state index contributed by atoms with van der Waals surface area (Å²) in [6.45, 7) is 7.88. The summed E-state index contributed by atoms with van der Waals surface area (Å²) in [7, 11) is 1.96. The first-order chi connectivity index (χ1) is 4.27. The van der Waals surface area contributed by atoms with Crippen molar-refractivity contribution in [1.29, 1.82) is 0 Å². The zero-order chi connectivity index (χ0) is 7.33. The molecule has 0 radical (unpaired) electrons. The van der Waals surface area contributed by atoms with Crippen LogP contribution in [0.3, 0.4) is 0 Å². The van der Waals surface area contributed by atoms with Gasteiger partial charge in [0, 0.05) is 0 Å². The summed E-state index contributed by atoms with van der Waals surface area (Å²) >= 11 is 0. The molecule has 0 spiro atoms. The molecule has 1 aliphatic rings. The molecule has 2 nitrogen and oxygen atoms in total. The molecule has 0 aromatic heterocycles. The van der Waals surface area contributed by atoms with Crippen LogP contribution in [0, 0.1) is 0 Å². The second kappa shape index (κ2) is 3.85. The molecule has 1 saturated heterocycles. The van der Waals surface area contributed by atoms with Crippen LogP contribution in [0.5, 0.6) is 0 Å². The lowest BCUT2D eigenvalue weighted by atomic mass is 10.0. The van der Waals surface area contributed by atoms with Crippen molar-refractivity contribution < 1.29 is 4.74 Å². The van der Waals surface area contributed by atoms with Crippen LogP contribution < -0.4 is 5.32 Å². The van der Waals surface area contributed by atoms with Gasteiger partial charge in [-0.2, -0.15) is 0 Å². The Morgan fingerprint density at radius 2 is 1.78 bits per heavy atom. The van der Waals surface area contributed by atoms with Gasteiger partial charge in [-0.3, -0.25) is 0 Å². The van der Waals surface area contributed by atoms with Crippen molar-refractivity contribution in [2.75, 3.05) is 20.3 Å². The molecule has 2 heteroatoms. The van der Waals surface area contributed by atoms with Gasteiger partial charge >= 0.3 is 0 Å². The maximum atomic E-state index is 4.97. The molecule has 1 aliphatic heterocycles. The van der Waals surface area contributed by atoms with Crippen molar-refractivity contribution in [3.8, 4) is 0 Å². The predicted molar refractivity (Wildman–Crippen MR) is 39.6 cm³/mol. The Labute approximate surface area is 57.6 Å². The van der Waals surface area contributed by atoms with Crippen molar-refractivity contribution in [3.05, 3.63) is 0 Å². The lowest BCUT2D eigenvalue weighted by Gasteiger charge is -2.37. The fourth-order valence-electron chi connectivity index (χ4n) is 0.553. The van der Waals surface area contributed by atoms with Gasteiger partial charge in [-0.05, 0) is 14.0 Å². The minimum absolute atomic E-state index is 0.292. The first kappa shape index (κ1) is 8.92. The van der Waals surface area contributed by atoms with Crippen molar-refractivity contribution >= 4 is 0 Å². The Balaban J connectivity index is 0.000000291. The summed E-state index contributed by atoms with van der Waals surface area (Å²) in [5.74, 6) is 0. The van der Waals surface area contributed by atoms with E-state index in [9.17, 15) is 0 Å². The molecule has 0 saturated carbocycles. The van der Waals surface area contributed by atoms with E-state index in [-0.39, 0.29) is 0 Å². The fraction of sp³-hybridized carbons (Fsp3) is 1.00. The lowest BCUT2D eigenvalue weighted by molar-refractivity contribution is -0.0602. The van der Waals surface area contributed by atoms with E-state index < -0.39 is 0 Å². The molecular weight excluding hydrogens is 114 g/mol. The highest BCUT2D eigenvalue weighted by atomic mass is 16.5. The molecule has 0 atom stereocenters. The van der Waals surface area contributed by atoms with Crippen molar-refractivity contribution in [2.45, 2.75) is 26.3 Å².